The Morgan fingerprint density at radius 3 is 2.00 bits per heavy atom. The Morgan fingerprint density at radius 2 is 1.44 bits per heavy atom. The highest BCUT2D eigenvalue weighted by Gasteiger charge is 2.33. The minimum Gasteiger partial charge on any atom is -0.377 e. The average molecular weight is 241 g/mol. The normalized spacial score (nSPS) is 19.1. The lowest BCUT2D eigenvalue weighted by Crippen LogP contribution is -2.25. The van der Waals surface area contributed by atoms with Crippen molar-refractivity contribution >= 4 is 11.6 Å². The van der Waals surface area contributed by atoms with E-state index in [4.69, 9.17) is 0 Å². The van der Waals surface area contributed by atoms with E-state index in [0.717, 1.165) is 25.9 Å². The van der Waals surface area contributed by atoms with Crippen LogP contribution in [-0.4, -0.2) is 29.6 Å². The van der Waals surface area contributed by atoms with Crippen LogP contribution in [0.25, 0.3) is 0 Å². The number of carbonyl (C=O) groups is 2. The van der Waals surface area contributed by atoms with Crippen LogP contribution in [-0.2, 0) is 0 Å². The molecule has 0 atom stereocenters. The minimum atomic E-state index is -0.124. The maximum Gasteiger partial charge on any atom is 0.199 e. The van der Waals surface area contributed by atoms with Gasteiger partial charge in [-0.25, -0.2) is 0 Å². The molecule has 0 bridgehead atoms. The predicted molar refractivity (Wildman–Crippen MR) is 68.6 cm³/mol. The highest BCUT2D eigenvalue weighted by molar-refractivity contribution is 6.39. The van der Waals surface area contributed by atoms with Crippen molar-refractivity contribution in [3.63, 3.8) is 0 Å². The van der Waals surface area contributed by atoms with Gasteiger partial charge in [0.25, 0.3) is 0 Å². The van der Waals surface area contributed by atoms with Crippen LogP contribution in [0.5, 0.6) is 0 Å². The molecule has 3 rings (SSSR count). The molecule has 2 aliphatic rings. The standard InChI is InChI=1S/C15H15NO2/c17-14-11-6-2-3-7-12(11)15(18)13(14)10-16-8-4-1-5-9-16/h2-3,6-7,10H,1,4-5,8-9H2. The molecule has 0 radical (unpaired) electrons. The molecule has 18 heavy (non-hydrogen) atoms. The van der Waals surface area contributed by atoms with Crippen LogP contribution in [0.4, 0.5) is 0 Å². The molecule has 1 aromatic carbocycles. The van der Waals surface area contributed by atoms with E-state index in [9.17, 15) is 9.59 Å². The molecule has 0 spiro atoms. The second-order valence-electron chi connectivity index (χ2n) is 4.84. The Morgan fingerprint density at radius 1 is 0.889 bits per heavy atom. The molecule has 0 saturated carbocycles. The maximum atomic E-state index is 12.2. The molecule has 1 heterocycles. The summed E-state index contributed by atoms with van der Waals surface area (Å²) in [5.41, 5.74) is 1.43. The zero-order valence-corrected chi connectivity index (χ0v) is 10.2. The summed E-state index contributed by atoms with van der Waals surface area (Å²) < 4.78 is 0. The maximum absolute atomic E-state index is 12.2. The first-order valence-electron chi connectivity index (χ1n) is 6.41. The summed E-state index contributed by atoms with van der Waals surface area (Å²) in [5.74, 6) is -0.248. The predicted octanol–water partition coefficient (Wildman–Crippen LogP) is 2.44. The third-order valence-electron chi connectivity index (χ3n) is 3.61. The van der Waals surface area contributed by atoms with Gasteiger partial charge in [0.15, 0.2) is 11.6 Å². The Bertz CT molecular complexity index is 502. The van der Waals surface area contributed by atoms with Gasteiger partial charge in [-0.05, 0) is 19.3 Å². The van der Waals surface area contributed by atoms with Crippen molar-refractivity contribution in [1.29, 1.82) is 0 Å². The first kappa shape index (κ1) is 11.2. The summed E-state index contributed by atoms with van der Waals surface area (Å²) in [6, 6.07) is 7.06. The zero-order chi connectivity index (χ0) is 12.5. The molecule has 0 N–H and O–H groups in total. The fourth-order valence-corrected chi connectivity index (χ4v) is 2.62. The number of piperidine rings is 1. The number of hydrogen-bond donors (Lipinski definition) is 0. The lowest BCUT2D eigenvalue weighted by atomic mass is 10.1. The lowest BCUT2D eigenvalue weighted by Gasteiger charge is -2.25. The third-order valence-corrected chi connectivity index (χ3v) is 3.61. The minimum absolute atomic E-state index is 0.124. The van der Waals surface area contributed by atoms with Crippen molar-refractivity contribution in [2.75, 3.05) is 13.1 Å². The van der Waals surface area contributed by atoms with E-state index < -0.39 is 0 Å². The van der Waals surface area contributed by atoms with E-state index in [1.165, 1.54) is 6.42 Å². The number of benzene rings is 1. The Kier molecular flexibility index (Phi) is 2.74. The van der Waals surface area contributed by atoms with Gasteiger partial charge in [0.05, 0.1) is 5.57 Å². The number of nitrogens with zero attached hydrogens (tertiary/aromatic N) is 1. The Labute approximate surface area is 106 Å². The summed E-state index contributed by atoms with van der Waals surface area (Å²) in [5, 5.41) is 0. The second-order valence-corrected chi connectivity index (χ2v) is 4.84. The molecule has 92 valence electrons. The summed E-state index contributed by atoms with van der Waals surface area (Å²) in [4.78, 5) is 26.4. The van der Waals surface area contributed by atoms with Crippen molar-refractivity contribution in [1.82, 2.24) is 4.90 Å². The van der Waals surface area contributed by atoms with E-state index in [-0.39, 0.29) is 11.6 Å². The van der Waals surface area contributed by atoms with E-state index in [1.54, 1.807) is 30.5 Å². The fraction of sp³-hybridized carbons (Fsp3) is 0.333. The highest BCUT2D eigenvalue weighted by atomic mass is 16.2. The topological polar surface area (TPSA) is 37.4 Å². The molecular weight excluding hydrogens is 226 g/mol. The smallest absolute Gasteiger partial charge is 0.199 e. The molecule has 1 fully saturated rings. The molecule has 1 aromatic rings. The second kappa shape index (κ2) is 4.41. The molecular formula is C15H15NO2. The quantitative estimate of drug-likeness (QED) is 0.560. The molecule has 1 aliphatic heterocycles. The van der Waals surface area contributed by atoms with E-state index in [1.807, 2.05) is 0 Å². The molecule has 0 unspecified atom stereocenters. The number of hydrogen-bond acceptors (Lipinski definition) is 3. The molecule has 1 saturated heterocycles. The van der Waals surface area contributed by atoms with Crippen LogP contribution in [0, 0.1) is 0 Å². The number of allylic oxidation sites excluding steroid dienone is 1. The van der Waals surface area contributed by atoms with E-state index >= 15 is 0 Å². The number of Topliss-reactive ketones (excluding diaryl/α,β-unsaturated/α-hetero) is 2. The van der Waals surface area contributed by atoms with Gasteiger partial charge in [-0.3, -0.25) is 9.59 Å². The third kappa shape index (κ3) is 1.76. The first-order valence-corrected chi connectivity index (χ1v) is 6.41. The largest absolute Gasteiger partial charge is 0.377 e. The van der Waals surface area contributed by atoms with Gasteiger partial charge in [-0.15, -0.1) is 0 Å². The Hall–Kier alpha value is -1.90. The van der Waals surface area contributed by atoms with Gasteiger partial charge in [0, 0.05) is 30.4 Å². The number of rotatable bonds is 1. The zero-order valence-electron chi connectivity index (χ0n) is 10.2. The van der Waals surface area contributed by atoms with Crippen molar-refractivity contribution < 1.29 is 9.59 Å². The van der Waals surface area contributed by atoms with Crippen molar-refractivity contribution in [3.8, 4) is 0 Å². The summed E-state index contributed by atoms with van der Waals surface area (Å²) in [6.45, 7) is 1.89. The van der Waals surface area contributed by atoms with Crippen LogP contribution in [0.2, 0.25) is 0 Å². The van der Waals surface area contributed by atoms with Gasteiger partial charge in [0.1, 0.15) is 0 Å². The average Bonchev–Trinajstić information content (AvgIpc) is 2.66. The van der Waals surface area contributed by atoms with Gasteiger partial charge < -0.3 is 4.90 Å². The van der Waals surface area contributed by atoms with Crippen LogP contribution in [0.3, 0.4) is 0 Å². The van der Waals surface area contributed by atoms with Gasteiger partial charge in [0.2, 0.25) is 0 Å². The number of carbonyl (C=O) groups excluding carboxylic acids is 2. The molecule has 0 aromatic heterocycles. The monoisotopic (exact) mass is 241 g/mol. The van der Waals surface area contributed by atoms with Crippen LogP contribution >= 0.6 is 0 Å². The lowest BCUT2D eigenvalue weighted by molar-refractivity contribution is 0.0984. The Balaban J connectivity index is 1.94. The number of ketones is 2. The van der Waals surface area contributed by atoms with Crippen LogP contribution in [0.15, 0.2) is 36.0 Å². The summed E-state index contributed by atoms with van der Waals surface area (Å²) in [7, 11) is 0. The van der Waals surface area contributed by atoms with Crippen molar-refractivity contribution in [2.45, 2.75) is 19.3 Å². The van der Waals surface area contributed by atoms with Crippen molar-refractivity contribution in [3.05, 3.63) is 47.2 Å². The molecule has 1 aliphatic carbocycles. The highest BCUT2D eigenvalue weighted by Crippen LogP contribution is 2.26. The molecule has 0 amide bonds. The summed E-state index contributed by atoms with van der Waals surface area (Å²) in [6.07, 6.45) is 5.28. The first-order chi connectivity index (χ1) is 8.77. The van der Waals surface area contributed by atoms with E-state index in [2.05, 4.69) is 4.90 Å². The number of likely N-dealkylation sites (tertiary alicyclic amines) is 1. The van der Waals surface area contributed by atoms with Crippen LogP contribution < -0.4 is 0 Å². The van der Waals surface area contributed by atoms with E-state index in [0.29, 0.717) is 16.7 Å². The van der Waals surface area contributed by atoms with Gasteiger partial charge >= 0.3 is 0 Å². The van der Waals surface area contributed by atoms with Gasteiger partial charge in [-0.1, -0.05) is 24.3 Å². The SMILES string of the molecule is O=C1C(=CN2CCCCC2)C(=O)c2ccccc21. The number of fused-ring (bicyclic) bond motifs is 1. The molecule has 3 nitrogen and oxygen atoms in total. The van der Waals surface area contributed by atoms with Gasteiger partial charge in [-0.2, -0.15) is 0 Å². The molecule has 3 heteroatoms. The summed E-state index contributed by atoms with van der Waals surface area (Å²) >= 11 is 0. The van der Waals surface area contributed by atoms with Crippen LogP contribution in [0.1, 0.15) is 40.0 Å². The fourth-order valence-electron chi connectivity index (χ4n) is 2.62. The van der Waals surface area contributed by atoms with Crippen molar-refractivity contribution in [2.24, 2.45) is 0 Å².